The molecule has 0 fully saturated rings. The summed E-state index contributed by atoms with van der Waals surface area (Å²) in [6, 6.07) is 0. The van der Waals surface area contributed by atoms with Crippen LogP contribution in [0.5, 0.6) is 0 Å². The minimum Gasteiger partial charge on any atom is -0.462 e. The van der Waals surface area contributed by atoms with Gasteiger partial charge in [0.15, 0.2) is 6.10 Å². The SMILES string of the molecule is CCCCCCCCCCCCCCCCCCCCCC(=O)OC[C@H](COC(=O)CCCCCCCCCCCCCCCCC(C)CC)OC(=O)CCCCCCCCCCCCC. The number of hydrogen-bond donors (Lipinski definition) is 0. The van der Waals surface area contributed by atoms with E-state index in [1.165, 1.54) is 238 Å². The zero-order chi connectivity index (χ0) is 48.1. The number of esters is 3. The van der Waals surface area contributed by atoms with Crippen LogP contribution in [0, 0.1) is 5.92 Å². The molecule has 0 aromatic rings. The second kappa shape index (κ2) is 54.4. The van der Waals surface area contributed by atoms with Crippen LogP contribution in [0.3, 0.4) is 0 Å². The van der Waals surface area contributed by atoms with Crippen molar-refractivity contribution in [3.63, 3.8) is 0 Å². The normalized spacial score (nSPS) is 12.4. The predicted octanol–water partition coefficient (Wildman–Crippen LogP) is 19.8. The number of ether oxygens (including phenoxy) is 3. The van der Waals surface area contributed by atoms with Gasteiger partial charge in [-0.05, 0) is 25.2 Å². The Morgan fingerprint density at radius 3 is 0.788 bits per heavy atom. The van der Waals surface area contributed by atoms with Crippen LogP contribution in [0.25, 0.3) is 0 Å². The lowest BCUT2D eigenvalue weighted by atomic mass is 9.99. The fourth-order valence-electron chi connectivity index (χ4n) is 9.25. The number of rotatable bonds is 55. The first-order chi connectivity index (χ1) is 32.4. The van der Waals surface area contributed by atoms with Crippen LogP contribution in [0.2, 0.25) is 0 Å². The zero-order valence-corrected chi connectivity index (χ0v) is 45.2. The number of carbonyl (C=O) groups is 3. The summed E-state index contributed by atoms with van der Waals surface area (Å²) in [5.74, 6) is 0.0611. The molecule has 0 bridgehead atoms. The minimum absolute atomic E-state index is 0.0618. The summed E-state index contributed by atoms with van der Waals surface area (Å²) in [4.78, 5) is 38.1. The van der Waals surface area contributed by atoms with Crippen molar-refractivity contribution in [3.8, 4) is 0 Å². The van der Waals surface area contributed by atoms with Gasteiger partial charge in [0, 0.05) is 19.3 Å². The molecular weight excluding hydrogens is 817 g/mol. The number of unbranched alkanes of at least 4 members (excludes halogenated alkanes) is 41. The molecule has 6 heteroatoms. The monoisotopic (exact) mass is 933 g/mol. The summed E-state index contributed by atoms with van der Waals surface area (Å²) in [6.45, 7) is 9.10. The van der Waals surface area contributed by atoms with Gasteiger partial charge in [-0.1, -0.05) is 304 Å². The lowest BCUT2D eigenvalue weighted by Gasteiger charge is -2.18. The lowest BCUT2D eigenvalue weighted by molar-refractivity contribution is -0.167. The third-order valence-electron chi connectivity index (χ3n) is 14.2. The molecule has 0 radical (unpaired) electrons. The van der Waals surface area contributed by atoms with E-state index in [1.807, 2.05) is 0 Å². The minimum atomic E-state index is -0.761. The smallest absolute Gasteiger partial charge is 0.306 e. The fourth-order valence-corrected chi connectivity index (χ4v) is 9.25. The Labute approximate surface area is 412 Å². The summed E-state index contributed by atoms with van der Waals surface area (Å²) in [5, 5.41) is 0. The van der Waals surface area contributed by atoms with E-state index in [2.05, 4.69) is 27.7 Å². The molecular formula is C60H116O6. The molecule has 66 heavy (non-hydrogen) atoms. The Morgan fingerprint density at radius 1 is 0.303 bits per heavy atom. The Balaban J connectivity index is 4.22. The summed E-state index contributed by atoms with van der Waals surface area (Å²) in [5.41, 5.74) is 0. The maximum atomic E-state index is 12.8. The summed E-state index contributed by atoms with van der Waals surface area (Å²) in [6.07, 6.45) is 59.5. The first-order valence-corrected chi connectivity index (χ1v) is 29.9. The summed E-state index contributed by atoms with van der Waals surface area (Å²) >= 11 is 0. The Morgan fingerprint density at radius 2 is 0.530 bits per heavy atom. The van der Waals surface area contributed by atoms with Crippen molar-refractivity contribution < 1.29 is 28.6 Å². The molecule has 0 heterocycles. The van der Waals surface area contributed by atoms with Crippen LogP contribution in [-0.4, -0.2) is 37.2 Å². The van der Waals surface area contributed by atoms with Crippen LogP contribution in [0.15, 0.2) is 0 Å². The molecule has 0 aromatic carbocycles. The average molecular weight is 934 g/mol. The van der Waals surface area contributed by atoms with E-state index in [1.54, 1.807) is 0 Å². The molecule has 0 spiro atoms. The maximum Gasteiger partial charge on any atom is 0.306 e. The zero-order valence-electron chi connectivity index (χ0n) is 45.2. The molecule has 6 nitrogen and oxygen atoms in total. The molecule has 392 valence electrons. The molecule has 0 saturated carbocycles. The topological polar surface area (TPSA) is 78.9 Å². The van der Waals surface area contributed by atoms with Crippen LogP contribution in [0.4, 0.5) is 0 Å². The highest BCUT2D eigenvalue weighted by Crippen LogP contribution is 2.19. The van der Waals surface area contributed by atoms with E-state index < -0.39 is 6.10 Å². The van der Waals surface area contributed by atoms with Gasteiger partial charge in [-0.25, -0.2) is 0 Å². The number of hydrogen-bond acceptors (Lipinski definition) is 6. The Bertz CT molecular complexity index is 998. The van der Waals surface area contributed by atoms with Crippen molar-refractivity contribution >= 4 is 17.9 Å². The van der Waals surface area contributed by atoms with Gasteiger partial charge < -0.3 is 14.2 Å². The lowest BCUT2D eigenvalue weighted by Crippen LogP contribution is -2.30. The highest BCUT2D eigenvalue weighted by atomic mass is 16.6. The highest BCUT2D eigenvalue weighted by Gasteiger charge is 2.19. The second-order valence-electron chi connectivity index (χ2n) is 20.9. The molecule has 0 saturated heterocycles. The van der Waals surface area contributed by atoms with Gasteiger partial charge in [-0.3, -0.25) is 14.4 Å². The molecule has 0 N–H and O–H groups in total. The standard InChI is InChI=1S/C60H116O6/c1-5-8-10-12-14-16-18-19-20-21-22-23-24-28-32-35-39-43-47-51-58(61)64-54-57(66-60(63)53-49-45-41-37-30-17-15-13-11-9-6-2)55-65-59(62)52-48-44-40-36-33-29-26-25-27-31-34-38-42-46-50-56(4)7-3/h56-57H,5-55H2,1-4H3/t56?,57-/m1/s1. The molecule has 0 aliphatic rings. The van der Waals surface area contributed by atoms with Crippen molar-refractivity contribution in [2.75, 3.05) is 13.2 Å². The largest absolute Gasteiger partial charge is 0.462 e. The van der Waals surface area contributed by atoms with Gasteiger partial charge >= 0.3 is 17.9 Å². The Kier molecular flexibility index (Phi) is 53.0. The van der Waals surface area contributed by atoms with Gasteiger partial charge in [0.05, 0.1) is 0 Å². The summed E-state index contributed by atoms with van der Waals surface area (Å²) < 4.78 is 16.9. The quantitative estimate of drug-likeness (QED) is 0.0343. The van der Waals surface area contributed by atoms with Crippen molar-refractivity contribution in [1.82, 2.24) is 0 Å². The average Bonchev–Trinajstić information content (AvgIpc) is 3.32. The van der Waals surface area contributed by atoms with E-state index in [0.717, 1.165) is 63.7 Å². The van der Waals surface area contributed by atoms with Gasteiger partial charge in [-0.15, -0.1) is 0 Å². The molecule has 0 rings (SSSR count). The maximum absolute atomic E-state index is 12.8. The van der Waals surface area contributed by atoms with Crippen molar-refractivity contribution in [3.05, 3.63) is 0 Å². The third-order valence-corrected chi connectivity index (χ3v) is 14.2. The van der Waals surface area contributed by atoms with E-state index in [0.29, 0.717) is 19.3 Å². The second-order valence-corrected chi connectivity index (χ2v) is 20.9. The Hall–Kier alpha value is -1.59. The van der Waals surface area contributed by atoms with Gasteiger partial charge in [0.2, 0.25) is 0 Å². The first kappa shape index (κ1) is 64.4. The van der Waals surface area contributed by atoms with Crippen molar-refractivity contribution in [2.45, 2.75) is 348 Å². The van der Waals surface area contributed by atoms with E-state index in [4.69, 9.17) is 14.2 Å². The van der Waals surface area contributed by atoms with Crippen molar-refractivity contribution in [1.29, 1.82) is 0 Å². The first-order valence-electron chi connectivity index (χ1n) is 29.9. The molecule has 0 aliphatic carbocycles. The molecule has 0 aromatic heterocycles. The molecule has 2 atom stereocenters. The molecule has 0 amide bonds. The van der Waals surface area contributed by atoms with E-state index in [9.17, 15) is 14.4 Å². The van der Waals surface area contributed by atoms with Crippen molar-refractivity contribution in [2.24, 2.45) is 5.92 Å². The highest BCUT2D eigenvalue weighted by molar-refractivity contribution is 5.71. The van der Waals surface area contributed by atoms with Crippen LogP contribution >= 0.6 is 0 Å². The molecule has 0 aliphatic heterocycles. The summed E-state index contributed by atoms with van der Waals surface area (Å²) in [7, 11) is 0. The predicted molar refractivity (Wildman–Crippen MR) is 284 cm³/mol. The van der Waals surface area contributed by atoms with Gasteiger partial charge in [0.25, 0.3) is 0 Å². The van der Waals surface area contributed by atoms with Gasteiger partial charge in [0.1, 0.15) is 13.2 Å². The fraction of sp³-hybridized carbons (Fsp3) is 0.950. The van der Waals surface area contributed by atoms with Crippen LogP contribution in [0.1, 0.15) is 342 Å². The van der Waals surface area contributed by atoms with Crippen LogP contribution in [-0.2, 0) is 28.6 Å². The van der Waals surface area contributed by atoms with Crippen LogP contribution < -0.4 is 0 Å². The van der Waals surface area contributed by atoms with E-state index >= 15 is 0 Å². The van der Waals surface area contributed by atoms with E-state index in [-0.39, 0.29) is 31.1 Å². The number of carbonyl (C=O) groups excluding carboxylic acids is 3. The molecule has 1 unspecified atom stereocenters. The third kappa shape index (κ3) is 51.8. The van der Waals surface area contributed by atoms with Gasteiger partial charge in [-0.2, -0.15) is 0 Å².